The highest BCUT2D eigenvalue weighted by Gasteiger charge is 2.55. The van der Waals surface area contributed by atoms with Crippen LogP contribution < -0.4 is 9.64 Å². The molecule has 0 radical (unpaired) electrons. The van der Waals surface area contributed by atoms with Gasteiger partial charge in [0.15, 0.2) is 0 Å². The lowest BCUT2D eigenvalue weighted by Crippen LogP contribution is -2.46. The standard InChI is InChI=1S/C24H18F3NO6S/c25-24(26,27)34-17-8-4-9-18(14-17)35(30,31)19-10-11-21-20(15-19)23(32-12-5-13-33-23)22(29)28(21)16-6-2-1-3-7-16/h1-4,6-11,14-15H,5,12-13H2. The monoisotopic (exact) mass is 505 g/mol. The molecule has 0 aromatic heterocycles. The molecule has 11 heteroatoms. The minimum atomic E-state index is -4.97. The molecule has 35 heavy (non-hydrogen) atoms. The summed E-state index contributed by atoms with van der Waals surface area (Å²) < 4.78 is 80.0. The Morgan fingerprint density at radius 3 is 2.26 bits per heavy atom. The lowest BCUT2D eigenvalue weighted by Gasteiger charge is -2.32. The van der Waals surface area contributed by atoms with Crippen LogP contribution in [0.3, 0.4) is 0 Å². The highest BCUT2D eigenvalue weighted by Crippen LogP contribution is 2.49. The molecule has 2 heterocycles. The van der Waals surface area contributed by atoms with Gasteiger partial charge in [0.1, 0.15) is 5.75 Å². The van der Waals surface area contributed by atoms with Gasteiger partial charge < -0.3 is 14.2 Å². The normalized spacial score (nSPS) is 17.5. The number of alkyl halides is 3. The number of nitrogens with zero attached hydrogens (tertiary/aromatic N) is 1. The number of fused-ring (bicyclic) bond motifs is 2. The smallest absolute Gasteiger partial charge is 0.406 e. The molecule has 1 amide bonds. The molecule has 1 spiro atoms. The number of carbonyl (C=O) groups excluding carboxylic acids is 1. The van der Waals surface area contributed by atoms with E-state index in [0.717, 1.165) is 24.3 Å². The lowest BCUT2D eigenvalue weighted by atomic mass is 10.1. The molecule has 5 rings (SSSR count). The number of benzene rings is 3. The Morgan fingerprint density at radius 1 is 0.886 bits per heavy atom. The maximum atomic E-state index is 13.6. The first kappa shape index (κ1) is 23.3. The van der Waals surface area contributed by atoms with E-state index in [9.17, 15) is 26.4 Å². The molecular weight excluding hydrogens is 487 g/mol. The third-order valence-electron chi connectivity index (χ3n) is 5.62. The maximum Gasteiger partial charge on any atom is 0.573 e. The van der Waals surface area contributed by atoms with Crippen LogP contribution in [0.1, 0.15) is 12.0 Å². The fraction of sp³-hybridized carbons (Fsp3) is 0.208. The Hall–Kier alpha value is -3.41. The number of rotatable bonds is 4. The van der Waals surface area contributed by atoms with E-state index >= 15 is 0 Å². The van der Waals surface area contributed by atoms with E-state index in [0.29, 0.717) is 17.8 Å². The molecule has 3 aromatic carbocycles. The van der Waals surface area contributed by atoms with E-state index < -0.39 is 38.5 Å². The van der Waals surface area contributed by atoms with Crippen molar-refractivity contribution in [1.82, 2.24) is 0 Å². The van der Waals surface area contributed by atoms with Crippen LogP contribution in [0.25, 0.3) is 0 Å². The second-order valence-corrected chi connectivity index (χ2v) is 9.80. The third kappa shape index (κ3) is 4.05. The van der Waals surface area contributed by atoms with Crippen LogP contribution in [0.15, 0.2) is 82.6 Å². The van der Waals surface area contributed by atoms with Gasteiger partial charge in [0.2, 0.25) is 9.84 Å². The minimum absolute atomic E-state index is 0.204. The van der Waals surface area contributed by atoms with Crippen molar-refractivity contribution in [3.63, 3.8) is 0 Å². The van der Waals surface area contributed by atoms with Gasteiger partial charge in [-0.1, -0.05) is 24.3 Å². The van der Waals surface area contributed by atoms with E-state index in [1.54, 1.807) is 30.3 Å². The van der Waals surface area contributed by atoms with Crippen molar-refractivity contribution in [3.05, 3.63) is 78.4 Å². The molecule has 3 aromatic rings. The van der Waals surface area contributed by atoms with Gasteiger partial charge in [-0.3, -0.25) is 9.69 Å². The largest absolute Gasteiger partial charge is 0.573 e. The molecule has 0 N–H and O–H groups in total. The van der Waals surface area contributed by atoms with Gasteiger partial charge in [-0.15, -0.1) is 13.2 Å². The summed E-state index contributed by atoms with van der Waals surface area (Å²) in [5.74, 6) is -3.01. The van der Waals surface area contributed by atoms with Crippen molar-refractivity contribution in [3.8, 4) is 5.75 Å². The first-order valence-corrected chi connectivity index (χ1v) is 12.0. The second-order valence-electron chi connectivity index (χ2n) is 7.85. The summed E-state index contributed by atoms with van der Waals surface area (Å²) >= 11 is 0. The molecule has 7 nitrogen and oxygen atoms in total. The molecule has 1 saturated heterocycles. The van der Waals surface area contributed by atoms with Crippen molar-refractivity contribution in [2.75, 3.05) is 18.1 Å². The topological polar surface area (TPSA) is 82.1 Å². The number of hydrogen-bond donors (Lipinski definition) is 0. The number of anilines is 2. The molecule has 182 valence electrons. The Kier molecular flexibility index (Phi) is 5.58. The second kappa shape index (κ2) is 8.36. The van der Waals surface area contributed by atoms with Gasteiger partial charge in [0, 0.05) is 11.3 Å². The van der Waals surface area contributed by atoms with Gasteiger partial charge >= 0.3 is 6.36 Å². The number of amides is 1. The summed E-state index contributed by atoms with van der Waals surface area (Å²) in [6.07, 6.45) is -4.42. The van der Waals surface area contributed by atoms with Crippen LogP contribution >= 0.6 is 0 Å². The molecule has 2 aliphatic heterocycles. The number of ether oxygens (including phenoxy) is 3. The van der Waals surface area contributed by atoms with Crippen LogP contribution in [0.2, 0.25) is 0 Å². The summed E-state index contributed by atoms with van der Waals surface area (Å²) in [5, 5.41) is 0. The van der Waals surface area contributed by atoms with Crippen LogP contribution in [0.5, 0.6) is 5.75 Å². The lowest BCUT2D eigenvalue weighted by molar-refractivity contribution is -0.274. The maximum absolute atomic E-state index is 13.6. The summed E-state index contributed by atoms with van der Waals surface area (Å²) in [7, 11) is -4.28. The van der Waals surface area contributed by atoms with Gasteiger partial charge in [-0.05, 0) is 55.0 Å². The number of sulfone groups is 1. The van der Waals surface area contributed by atoms with Crippen molar-refractivity contribution < 1.29 is 40.6 Å². The van der Waals surface area contributed by atoms with Crippen molar-refractivity contribution in [2.24, 2.45) is 0 Å². The first-order valence-electron chi connectivity index (χ1n) is 10.5. The van der Waals surface area contributed by atoms with Crippen molar-refractivity contribution in [1.29, 1.82) is 0 Å². The number of para-hydroxylation sites is 1. The number of carbonyl (C=O) groups is 1. The zero-order valence-electron chi connectivity index (χ0n) is 18.0. The van der Waals surface area contributed by atoms with Gasteiger partial charge in [0.25, 0.3) is 11.7 Å². The van der Waals surface area contributed by atoms with Crippen molar-refractivity contribution in [2.45, 2.75) is 28.4 Å². The van der Waals surface area contributed by atoms with Gasteiger partial charge in [-0.25, -0.2) is 8.42 Å². The summed E-state index contributed by atoms with van der Waals surface area (Å²) in [4.78, 5) is 14.3. The van der Waals surface area contributed by atoms with Gasteiger partial charge in [0.05, 0.1) is 28.7 Å². The van der Waals surface area contributed by atoms with Gasteiger partial charge in [-0.2, -0.15) is 0 Å². The Labute approximate surface area is 198 Å². The van der Waals surface area contributed by atoms with Crippen molar-refractivity contribution >= 4 is 27.1 Å². The fourth-order valence-corrected chi connectivity index (χ4v) is 5.45. The van der Waals surface area contributed by atoms with Crippen LogP contribution in [0.4, 0.5) is 24.5 Å². The average Bonchev–Trinajstić information content (AvgIpc) is 3.06. The summed E-state index contributed by atoms with van der Waals surface area (Å²) in [5.41, 5.74) is 1.13. The van der Waals surface area contributed by atoms with E-state index in [4.69, 9.17) is 9.47 Å². The zero-order chi connectivity index (χ0) is 24.8. The first-order chi connectivity index (χ1) is 16.6. The summed E-state index contributed by atoms with van der Waals surface area (Å²) in [6, 6.07) is 16.9. The number of halogens is 3. The predicted octanol–water partition coefficient (Wildman–Crippen LogP) is 4.69. The minimum Gasteiger partial charge on any atom is -0.406 e. The molecule has 2 aliphatic rings. The molecule has 0 atom stereocenters. The predicted molar refractivity (Wildman–Crippen MR) is 117 cm³/mol. The Bertz CT molecular complexity index is 1390. The zero-order valence-corrected chi connectivity index (χ0v) is 18.8. The van der Waals surface area contributed by atoms with E-state index in [1.807, 2.05) is 0 Å². The Balaban J connectivity index is 1.62. The van der Waals surface area contributed by atoms with Crippen LogP contribution in [-0.4, -0.2) is 33.9 Å². The van der Waals surface area contributed by atoms with E-state index in [1.165, 1.54) is 23.1 Å². The van der Waals surface area contributed by atoms with Crippen LogP contribution in [0, 0.1) is 0 Å². The Morgan fingerprint density at radius 2 is 1.57 bits per heavy atom. The fourth-order valence-electron chi connectivity index (χ4n) is 4.13. The summed E-state index contributed by atoms with van der Waals surface area (Å²) in [6.45, 7) is 0.448. The third-order valence-corrected chi connectivity index (χ3v) is 7.37. The molecule has 1 fully saturated rings. The van der Waals surface area contributed by atoms with E-state index in [2.05, 4.69) is 4.74 Å². The van der Waals surface area contributed by atoms with Crippen LogP contribution in [-0.2, 0) is 29.9 Å². The highest BCUT2D eigenvalue weighted by molar-refractivity contribution is 7.91. The quantitative estimate of drug-likeness (QED) is 0.512. The highest BCUT2D eigenvalue weighted by atomic mass is 32.2. The molecule has 0 unspecified atom stereocenters. The molecule has 0 bridgehead atoms. The number of hydrogen-bond acceptors (Lipinski definition) is 6. The molecule has 0 aliphatic carbocycles. The average molecular weight is 505 g/mol. The van der Waals surface area contributed by atoms with E-state index in [-0.39, 0.29) is 23.7 Å². The molecule has 0 saturated carbocycles. The molecular formula is C24H18F3NO6S. The SMILES string of the molecule is O=C1N(c2ccccc2)c2ccc(S(=O)(=O)c3cccc(OC(F)(F)F)c3)cc2C12OCCCO2.